The molecular weight excluding hydrogens is 430 g/mol. The van der Waals surface area contributed by atoms with E-state index in [9.17, 15) is 0 Å². The first kappa shape index (κ1) is 21.9. The summed E-state index contributed by atoms with van der Waals surface area (Å²) in [6.45, 7) is 6.54. The van der Waals surface area contributed by atoms with Gasteiger partial charge in [0.1, 0.15) is 18.4 Å². The van der Waals surface area contributed by atoms with Gasteiger partial charge in [-0.25, -0.2) is 0 Å². The van der Waals surface area contributed by atoms with E-state index in [0.717, 1.165) is 80.7 Å². The number of aliphatic imine (C=N–C) groups is 1. The van der Waals surface area contributed by atoms with Crippen molar-refractivity contribution in [3.05, 3.63) is 53.1 Å². The van der Waals surface area contributed by atoms with Crippen molar-refractivity contribution < 1.29 is 18.9 Å². The summed E-state index contributed by atoms with van der Waals surface area (Å²) in [5, 5.41) is 3.50. The summed E-state index contributed by atoms with van der Waals surface area (Å²) in [6.07, 6.45) is 3.53. The molecule has 6 rings (SSSR count). The highest BCUT2D eigenvalue weighted by Crippen LogP contribution is 2.40. The number of morpholine rings is 1. The molecule has 7 heteroatoms. The van der Waals surface area contributed by atoms with Crippen LogP contribution < -0.4 is 15.0 Å². The van der Waals surface area contributed by atoms with E-state index in [-0.39, 0.29) is 12.1 Å². The number of rotatable bonds is 2. The average molecular weight is 464 g/mol. The molecule has 0 aromatic heterocycles. The molecule has 4 bridgehead atoms. The molecule has 2 aromatic rings. The van der Waals surface area contributed by atoms with Crippen molar-refractivity contribution in [3.8, 4) is 5.75 Å². The van der Waals surface area contributed by atoms with Crippen LogP contribution in [0.3, 0.4) is 0 Å². The van der Waals surface area contributed by atoms with E-state index in [0.29, 0.717) is 19.8 Å². The Balaban J connectivity index is 1.44. The molecule has 180 valence electrons. The zero-order valence-electron chi connectivity index (χ0n) is 19.6. The number of nitrogens with one attached hydrogen (secondary N) is 1. The summed E-state index contributed by atoms with van der Waals surface area (Å²) < 4.78 is 23.7. The molecule has 2 unspecified atom stereocenters. The van der Waals surface area contributed by atoms with E-state index in [2.05, 4.69) is 46.6 Å². The van der Waals surface area contributed by atoms with Crippen LogP contribution in [-0.2, 0) is 14.2 Å². The van der Waals surface area contributed by atoms with Crippen molar-refractivity contribution in [1.29, 1.82) is 0 Å². The Hall–Kier alpha value is -2.61. The van der Waals surface area contributed by atoms with Crippen molar-refractivity contribution in [2.75, 3.05) is 69.5 Å². The molecule has 2 atom stereocenters. The highest BCUT2D eigenvalue weighted by Gasteiger charge is 2.34. The summed E-state index contributed by atoms with van der Waals surface area (Å²) in [5.74, 6) is 0.857. The predicted molar refractivity (Wildman–Crippen MR) is 133 cm³/mol. The first-order valence-corrected chi connectivity index (χ1v) is 12.6. The van der Waals surface area contributed by atoms with Crippen molar-refractivity contribution in [3.63, 3.8) is 0 Å². The third kappa shape index (κ3) is 4.52. The highest BCUT2D eigenvalue weighted by molar-refractivity contribution is 6.16. The van der Waals surface area contributed by atoms with Crippen LogP contribution in [0.2, 0.25) is 0 Å². The van der Waals surface area contributed by atoms with Crippen molar-refractivity contribution in [2.24, 2.45) is 4.99 Å². The Morgan fingerprint density at radius 2 is 1.79 bits per heavy atom. The smallest absolute Gasteiger partial charge is 0.122 e. The quantitative estimate of drug-likeness (QED) is 0.731. The molecule has 2 fully saturated rings. The second-order valence-electron chi connectivity index (χ2n) is 9.33. The molecule has 2 saturated heterocycles. The molecule has 0 aliphatic carbocycles. The van der Waals surface area contributed by atoms with Gasteiger partial charge in [-0.1, -0.05) is 6.07 Å². The summed E-state index contributed by atoms with van der Waals surface area (Å²) in [5.41, 5.74) is 6.82. The molecular formula is C27H33N3O4. The third-order valence-corrected chi connectivity index (χ3v) is 7.08. The standard InChI is InChI=1S/C27H33N3O4/c1-2-9-34-25(3-1)27-23-5-4-20-17-24(23)26(29-27)19-15-21(30-7-11-32-12-8-30)18-22(16-19)33-14-13-31-10-6-28-20/h4-5,15-18,25,27-28H,1-3,6-14H2. The average Bonchev–Trinajstić information content (AvgIpc) is 3.27. The summed E-state index contributed by atoms with van der Waals surface area (Å²) >= 11 is 0. The van der Waals surface area contributed by atoms with Gasteiger partial charge in [0.2, 0.25) is 0 Å². The Morgan fingerprint density at radius 1 is 0.882 bits per heavy atom. The van der Waals surface area contributed by atoms with Crippen LogP contribution >= 0.6 is 0 Å². The summed E-state index contributed by atoms with van der Waals surface area (Å²) in [4.78, 5) is 7.68. The molecule has 4 heterocycles. The Labute approximate surface area is 201 Å². The van der Waals surface area contributed by atoms with Crippen molar-refractivity contribution in [1.82, 2.24) is 0 Å². The zero-order valence-corrected chi connectivity index (χ0v) is 19.6. The Morgan fingerprint density at radius 3 is 2.68 bits per heavy atom. The fraction of sp³-hybridized carbons (Fsp3) is 0.519. The van der Waals surface area contributed by atoms with Gasteiger partial charge in [0.15, 0.2) is 0 Å². The van der Waals surface area contributed by atoms with Gasteiger partial charge in [-0.3, -0.25) is 4.99 Å². The van der Waals surface area contributed by atoms with Gasteiger partial charge < -0.3 is 29.2 Å². The topological polar surface area (TPSA) is 64.5 Å². The van der Waals surface area contributed by atoms with E-state index in [1.165, 1.54) is 17.5 Å². The maximum atomic E-state index is 6.20. The highest BCUT2D eigenvalue weighted by atomic mass is 16.5. The third-order valence-electron chi connectivity index (χ3n) is 7.08. The van der Waals surface area contributed by atoms with Crippen LogP contribution in [0.4, 0.5) is 11.4 Å². The van der Waals surface area contributed by atoms with E-state index >= 15 is 0 Å². The lowest BCUT2D eigenvalue weighted by atomic mass is 9.92. The molecule has 4 aliphatic heterocycles. The summed E-state index contributed by atoms with van der Waals surface area (Å²) in [7, 11) is 0. The van der Waals surface area contributed by atoms with E-state index in [4.69, 9.17) is 23.9 Å². The molecule has 34 heavy (non-hydrogen) atoms. The lowest BCUT2D eigenvalue weighted by molar-refractivity contribution is 0.00119. The Kier molecular flexibility index (Phi) is 6.40. The van der Waals surface area contributed by atoms with Crippen LogP contribution in [0.25, 0.3) is 0 Å². The molecule has 0 radical (unpaired) electrons. The second-order valence-corrected chi connectivity index (χ2v) is 9.33. The fourth-order valence-electron chi connectivity index (χ4n) is 5.33. The van der Waals surface area contributed by atoms with Crippen LogP contribution in [-0.4, -0.2) is 71.1 Å². The van der Waals surface area contributed by atoms with Gasteiger partial charge in [0, 0.05) is 54.8 Å². The molecule has 2 aromatic carbocycles. The fourth-order valence-corrected chi connectivity index (χ4v) is 5.33. The number of anilines is 2. The van der Waals surface area contributed by atoms with Crippen LogP contribution in [0.1, 0.15) is 42.0 Å². The minimum atomic E-state index is 0.0368. The number of hydrogen-bond acceptors (Lipinski definition) is 7. The maximum absolute atomic E-state index is 6.20. The van der Waals surface area contributed by atoms with E-state index in [1.807, 2.05) is 0 Å². The molecule has 1 N–H and O–H groups in total. The lowest BCUT2D eigenvalue weighted by Gasteiger charge is -2.29. The van der Waals surface area contributed by atoms with Gasteiger partial charge in [-0.15, -0.1) is 0 Å². The van der Waals surface area contributed by atoms with Gasteiger partial charge in [0.05, 0.1) is 38.2 Å². The largest absolute Gasteiger partial charge is 0.491 e. The first-order chi connectivity index (χ1) is 16.8. The molecule has 0 amide bonds. The van der Waals surface area contributed by atoms with Gasteiger partial charge >= 0.3 is 0 Å². The normalized spacial score (nSPS) is 25.1. The number of fused-ring (bicyclic) bond motifs is 4. The van der Waals surface area contributed by atoms with E-state index in [1.54, 1.807) is 0 Å². The SMILES string of the molecule is c1cc2c3cc1NCCOCCOc1cc(cc(N4CCOCC4)c1)C3=NC2C1CCCCO1. The molecule has 7 nitrogen and oxygen atoms in total. The predicted octanol–water partition coefficient (Wildman–Crippen LogP) is 3.81. The Bertz CT molecular complexity index is 1040. The molecule has 4 aliphatic rings. The summed E-state index contributed by atoms with van der Waals surface area (Å²) in [6, 6.07) is 13.2. The zero-order chi connectivity index (χ0) is 22.7. The van der Waals surface area contributed by atoms with Crippen LogP contribution in [0.5, 0.6) is 5.75 Å². The number of nitrogens with zero attached hydrogens (tertiary/aromatic N) is 2. The monoisotopic (exact) mass is 463 g/mol. The van der Waals surface area contributed by atoms with Crippen LogP contribution in [0.15, 0.2) is 41.4 Å². The second kappa shape index (κ2) is 9.94. The van der Waals surface area contributed by atoms with Crippen molar-refractivity contribution >= 4 is 17.1 Å². The molecule has 0 spiro atoms. The minimum absolute atomic E-state index is 0.0368. The maximum Gasteiger partial charge on any atom is 0.122 e. The number of hydrogen-bond donors (Lipinski definition) is 1. The van der Waals surface area contributed by atoms with E-state index < -0.39 is 0 Å². The van der Waals surface area contributed by atoms with Gasteiger partial charge in [-0.05, 0) is 49.1 Å². The number of benzene rings is 2. The first-order valence-electron chi connectivity index (χ1n) is 12.6. The lowest BCUT2D eigenvalue weighted by Crippen LogP contribution is -2.36. The van der Waals surface area contributed by atoms with Crippen molar-refractivity contribution in [2.45, 2.75) is 31.4 Å². The minimum Gasteiger partial charge on any atom is -0.491 e. The van der Waals surface area contributed by atoms with Gasteiger partial charge in [-0.2, -0.15) is 0 Å². The van der Waals surface area contributed by atoms with Crippen LogP contribution in [0, 0.1) is 0 Å². The number of ether oxygens (including phenoxy) is 4. The molecule has 0 saturated carbocycles. The van der Waals surface area contributed by atoms with Gasteiger partial charge in [0.25, 0.3) is 0 Å².